The van der Waals surface area contributed by atoms with Crippen LogP contribution in [0.5, 0.6) is 11.5 Å². The zero-order chi connectivity index (χ0) is 20.5. The van der Waals surface area contributed by atoms with Crippen molar-refractivity contribution in [3.05, 3.63) is 50.9 Å². The summed E-state index contributed by atoms with van der Waals surface area (Å²) in [6, 6.07) is 5.12. The van der Waals surface area contributed by atoms with Gasteiger partial charge in [-0.25, -0.2) is 4.98 Å². The van der Waals surface area contributed by atoms with Gasteiger partial charge >= 0.3 is 0 Å². The predicted molar refractivity (Wildman–Crippen MR) is 112 cm³/mol. The van der Waals surface area contributed by atoms with Crippen LogP contribution in [0.1, 0.15) is 35.4 Å². The van der Waals surface area contributed by atoms with Gasteiger partial charge in [-0.15, -0.1) is 11.3 Å². The molecule has 0 bridgehead atoms. The number of hydrogen-bond acceptors (Lipinski definition) is 6. The molecule has 1 aliphatic rings. The van der Waals surface area contributed by atoms with E-state index in [9.17, 15) is 9.59 Å². The van der Waals surface area contributed by atoms with E-state index in [0.29, 0.717) is 16.9 Å². The molecule has 152 valence electrons. The minimum Gasteiger partial charge on any atom is -0.497 e. The Morgan fingerprint density at radius 3 is 2.90 bits per heavy atom. The summed E-state index contributed by atoms with van der Waals surface area (Å²) in [7, 11) is 3.17. The Hall–Kier alpha value is -2.87. The van der Waals surface area contributed by atoms with E-state index in [2.05, 4.69) is 10.3 Å². The Bertz CT molecular complexity index is 1130. The minimum atomic E-state index is -0.315. The van der Waals surface area contributed by atoms with Gasteiger partial charge in [0.15, 0.2) is 0 Å². The summed E-state index contributed by atoms with van der Waals surface area (Å²) >= 11 is 1.59. The number of rotatable bonds is 6. The second-order valence-corrected chi connectivity index (χ2v) is 8.20. The molecule has 2 heterocycles. The van der Waals surface area contributed by atoms with Gasteiger partial charge in [-0.05, 0) is 49.9 Å². The molecule has 1 aliphatic carbocycles. The van der Waals surface area contributed by atoms with Crippen LogP contribution in [0.2, 0.25) is 0 Å². The second-order valence-electron chi connectivity index (χ2n) is 7.11. The van der Waals surface area contributed by atoms with Crippen LogP contribution in [0.15, 0.2) is 29.3 Å². The number of methoxy groups -OCH3 is 2. The first-order valence-electron chi connectivity index (χ1n) is 9.52. The number of aromatic nitrogens is 2. The van der Waals surface area contributed by atoms with Gasteiger partial charge in [-0.1, -0.05) is 0 Å². The molecule has 8 heteroatoms. The van der Waals surface area contributed by atoms with Crippen molar-refractivity contribution in [2.45, 2.75) is 38.8 Å². The number of nitrogens with zero attached hydrogens (tertiary/aromatic N) is 2. The number of amides is 1. The highest BCUT2D eigenvalue weighted by atomic mass is 32.1. The van der Waals surface area contributed by atoms with Gasteiger partial charge in [0.25, 0.3) is 5.56 Å². The third-order valence-corrected chi connectivity index (χ3v) is 6.49. The summed E-state index contributed by atoms with van der Waals surface area (Å²) in [5.74, 6) is 1.07. The summed E-state index contributed by atoms with van der Waals surface area (Å²) < 4.78 is 12.1. The standard InChI is InChI=1S/C21H23N3O4S/c1-12(15-9-13(27-2)7-8-16(15)28-3)23-18(25)10-24-11-22-20-19(21(24)26)14-5-4-6-17(14)29-20/h7-9,11-12H,4-6,10H2,1-3H3,(H,23,25)/t12-/m0/s1. The fourth-order valence-electron chi connectivity index (χ4n) is 3.83. The van der Waals surface area contributed by atoms with Gasteiger partial charge in [0.05, 0.1) is 32.0 Å². The summed E-state index contributed by atoms with van der Waals surface area (Å²) in [6.07, 6.45) is 4.46. The van der Waals surface area contributed by atoms with Gasteiger partial charge in [-0.3, -0.25) is 14.2 Å². The molecule has 0 saturated heterocycles. The summed E-state index contributed by atoms with van der Waals surface area (Å²) in [5.41, 5.74) is 1.78. The van der Waals surface area contributed by atoms with Crippen molar-refractivity contribution in [1.82, 2.24) is 14.9 Å². The zero-order valence-corrected chi connectivity index (χ0v) is 17.5. The van der Waals surface area contributed by atoms with Crippen molar-refractivity contribution in [2.24, 2.45) is 0 Å². The van der Waals surface area contributed by atoms with Crippen LogP contribution in [0.4, 0.5) is 0 Å². The molecule has 1 N–H and O–H groups in total. The van der Waals surface area contributed by atoms with Crippen LogP contribution in [0.25, 0.3) is 10.2 Å². The molecule has 0 spiro atoms. The first-order valence-corrected chi connectivity index (χ1v) is 10.3. The molecule has 4 rings (SSSR count). The smallest absolute Gasteiger partial charge is 0.262 e. The maximum Gasteiger partial charge on any atom is 0.262 e. The topological polar surface area (TPSA) is 82.4 Å². The van der Waals surface area contributed by atoms with E-state index < -0.39 is 0 Å². The molecule has 1 amide bonds. The summed E-state index contributed by atoms with van der Waals surface area (Å²) in [5, 5.41) is 3.61. The van der Waals surface area contributed by atoms with Crippen molar-refractivity contribution < 1.29 is 14.3 Å². The average molecular weight is 413 g/mol. The molecule has 7 nitrogen and oxygen atoms in total. The SMILES string of the molecule is COc1ccc(OC)c([C@H](C)NC(=O)Cn2cnc3sc4c(c3c2=O)CCC4)c1. The van der Waals surface area contributed by atoms with Crippen LogP contribution >= 0.6 is 11.3 Å². The van der Waals surface area contributed by atoms with E-state index in [1.807, 2.05) is 13.0 Å². The molecule has 1 atom stereocenters. The Labute approximate surface area is 172 Å². The minimum absolute atomic E-state index is 0.0803. The Morgan fingerprint density at radius 1 is 1.31 bits per heavy atom. The third-order valence-electron chi connectivity index (χ3n) is 5.29. The van der Waals surface area contributed by atoms with Crippen molar-refractivity contribution >= 4 is 27.5 Å². The van der Waals surface area contributed by atoms with E-state index in [4.69, 9.17) is 9.47 Å². The van der Waals surface area contributed by atoms with Crippen molar-refractivity contribution in [3.63, 3.8) is 0 Å². The molecule has 0 fully saturated rings. The van der Waals surface area contributed by atoms with E-state index >= 15 is 0 Å². The molecule has 1 aromatic carbocycles. The molecular weight excluding hydrogens is 390 g/mol. The molecule has 0 aliphatic heterocycles. The zero-order valence-electron chi connectivity index (χ0n) is 16.7. The third kappa shape index (κ3) is 3.60. The molecule has 0 saturated carbocycles. The van der Waals surface area contributed by atoms with Crippen LogP contribution in [-0.4, -0.2) is 29.7 Å². The van der Waals surface area contributed by atoms with Gasteiger partial charge in [0.1, 0.15) is 22.9 Å². The quantitative estimate of drug-likeness (QED) is 0.672. The Balaban J connectivity index is 1.55. The first-order chi connectivity index (χ1) is 14.0. The molecule has 2 aromatic heterocycles. The molecule has 3 aromatic rings. The number of hydrogen-bond donors (Lipinski definition) is 1. The van der Waals surface area contributed by atoms with Crippen molar-refractivity contribution in [3.8, 4) is 11.5 Å². The Kier molecular flexibility index (Phi) is 5.27. The number of carbonyl (C=O) groups excluding carboxylic acids is 1. The van der Waals surface area contributed by atoms with Crippen LogP contribution < -0.4 is 20.3 Å². The average Bonchev–Trinajstić information content (AvgIpc) is 3.30. The highest BCUT2D eigenvalue weighted by Crippen LogP contribution is 2.34. The van der Waals surface area contributed by atoms with E-state index in [1.165, 1.54) is 15.8 Å². The lowest BCUT2D eigenvalue weighted by Crippen LogP contribution is -2.34. The van der Waals surface area contributed by atoms with Crippen LogP contribution in [-0.2, 0) is 24.2 Å². The lowest BCUT2D eigenvalue weighted by molar-refractivity contribution is -0.122. The largest absolute Gasteiger partial charge is 0.497 e. The predicted octanol–water partition coefficient (Wildman–Crippen LogP) is 2.84. The fraction of sp³-hybridized carbons (Fsp3) is 0.381. The number of ether oxygens (including phenoxy) is 2. The number of benzene rings is 1. The highest BCUT2D eigenvalue weighted by Gasteiger charge is 2.22. The van der Waals surface area contributed by atoms with E-state index in [1.54, 1.807) is 37.7 Å². The van der Waals surface area contributed by atoms with Crippen molar-refractivity contribution in [2.75, 3.05) is 14.2 Å². The summed E-state index contributed by atoms with van der Waals surface area (Å²) in [4.78, 5) is 32.0. The van der Waals surface area contributed by atoms with Gasteiger partial charge in [0.2, 0.25) is 5.91 Å². The first kappa shape index (κ1) is 19.4. The number of thiophene rings is 1. The van der Waals surface area contributed by atoms with E-state index in [0.717, 1.165) is 35.2 Å². The van der Waals surface area contributed by atoms with E-state index in [-0.39, 0.29) is 24.1 Å². The van der Waals surface area contributed by atoms with Crippen LogP contribution in [0.3, 0.4) is 0 Å². The number of aryl methyl sites for hydroxylation is 2. The monoisotopic (exact) mass is 413 g/mol. The molecule has 0 unspecified atom stereocenters. The number of fused-ring (bicyclic) bond motifs is 3. The lowest BCUT2D eigenvalue weighted by atomic mass is 10.1. The maximum atomic E-state index is 12.9. The van der Waals surface area contributed by atoms with Crippen molar-refractivity contribution in [1.29, 1.82) is 0 Å². The van der Waals surface area contributed by atoms with Crippen LogP contribution in [0, 0.1) is 0 Å². The molecular formula is C21H23N3O4S. The normalized spacial score (nSPS) is 13.9. The van der Waals surface area contributed by atoms with Gasteiger partial charge in [-0.2, -0.15) is 0 Å². The Morgan fingerprint density at radius 2 is 2.14 bits per heavy atom. The molecule has 0 radical (unpaired) electrons. The van der Waals surface area contributed by atoms with Gasteiger partial charge in [0, 0.05) is 10.4 Å². The lowest BCUT2D eigenvalue weighted by Gasteiger charge is -2.18. The fourth-order valence-corrected chi connectivity index (χ4v) is 5.05. The second kappa shape index (κ2) is 7.87. The summed E-state index contributed by atoms with van der Waals surface area (Å²) in [6.45, 7) is 1.79. The maximum absolute atomic E-state index is 12.9. The highest BCUT2D eigenvalue weighted by molar-refractivity contribution is 7.18. The van der Waals surface area contributed by atoms with Gasteiger partial charge < -0.3 is 14.8 Å². The number of carbonyl (C=O) groups is 1. The number of nitrogens with one attached hydrogen (secondary N) is 1. The molecule has 29 heavy (non-hydrogen) atoms.